The first kappa shape index (κ1) is 19.1. The zero-order chi connectivity index (χ0) is 19.7. The van der Waals surface area contributed by atoms with Crippen molar-refractivity contribution in [3.8, 4) is 0 Å². The molecule has 1 aliphatic carbocycles. The highest BCUT2D eigenvalue weighted by Gasteiger charge is 2.33. The average molecular weight is 385 g/mol. The Hall–Kier alpha value is -2.21. The van der Waals surface area contributed by atoms with Crippen molar-refractivity contribution in [1.82, 2.24) is 15.0 Å². The van der Waals surface area contributed by atoms with Gasteiger partial charge in [-0.2, -0.15) is 0 Å². The number of rotatable bonds is 5. The number of carbonyl (C=O) groups is 1. The minimum Gasteiger partial charge on any atom is -0.351 e. The second-order valence-electron chi connectivity index (χ2n) is 8.40. The fraction of sp³-hybridized carbons (Fsp3) is 0.545. The standard InChI is InChI=1S/C22H28FN3O2/c1-15(2)20-14-26(22(27)21-12-19(24-28-21)17-6-7-17)11-3-10-25(20)13-16-4-8-18(23)9-5-16/h4-5,8-9,12,15,17,20H,3,6-7,10-11,13-14H2,1-2H3/t20-/m1/s1. The Morgan fingerprint density at radius 2 is 2.00 bits per heavy atom. The number of halogens is 1. The molecule has 1 aliphatic heterocycles. The molecule has 0 bridgehead atoms. The maximum atomic E-state index is 13.2. The van der Waals surface area contributed by atoms with E-state index in [9.17, 15) is 9.18 Å². The Balaban J connectivity index is 1.47. The van der Waals surface area contributed by atoms with Crippen LogP contribution in [0, 0.1) is 11.7 Å². The summed E-state index contributed by atoms with van der Waals surface area (Å²) in [6, 6.07) is 8.76. The molecular formula is C22H28FN3O2. The number of hydrogen-bond donors (Lipinski definition) is 0. The van der Waals surface area contributed by atoms with Gasteiger partial charge < -0.3 is 9.42 Å². The first-order valence-corrected chi connectivity index (χ1v) is 10.3. The molecule has 0 spiro atoms. The van der Waals surface area contributed by atoms with Gasteiger partial charge in [-0.25, -0.2) is 4.39 Å². The zero-order valence-corrected chi connectivity index (χ0v) is 16.6. The lowest BCUT2D eigenvalue weighted by Crippen LogP contribution is -2.45. The number of nitrogens with zero attached hydrogens (tertiary/aromatic N) is 3. The normalized spacial score (nSPS) is 21.1. The molecule has 6 heteroatoms. The Kier molecular flexibility index (Phi) is 5.49. The molecule has 2 aliphatic rings. The van der Waals surface area contributed by atoms with Crippen molar-refractivity contribution in [3.05, 3.63) is 53.2 Å². The molecule has 5 nitrogen and oxygen atoms in total. The summed E-state index contributed by atoms with van der Waals surface area (Å²) >= 11 is 0. The van der Waals surface area contributed by atoms with Gasteiger partial charge >= 0.3 is 0 Å². The van der Waals surface area contributed by atoms with E-state index in [0.717, 1.165) is 43.6 Å². The predicted molar refractivity (Wildman–Crippen MR) is 104 cm³/mol. The van der Waals surface area contributed by atoms with Crippen LogP contribution in [0.5, 0.6) is 0 Å². The smallest absolute Gasteiger partial charge is 0.292 e. The van der Waals surface area contributed by atoms with Crippen molar-refractivity contribution in [2.24, 2.45) is 5.92 Å². The topological polar surface area (TPSA) is 49.6 Å². The van der Waals surface area contributed by atoms with Crippen LogP contribution in [-0.2, 0) is 6.54 Å². The molecule has 1 atom stereocenters. The predicted octanol–water partition coefficient (Wildman–Crippen LogP) is 4.06. The van der Waals surface area contributed by atoms with Crippen LogP contribution in [0.2, 0.25) is 0 Å². The molecule has 2 aromatic rings. The molecular weight excluding hydrogens is 357 g/mol. The van der Waals surface area contributed by atoms with Gasteiger partial charge in [0.05, 0.1) is 5.69 Å². The SMILES string of the molecule is CC(C)[C@H]1CN(C(=O)c2cc(C3CC3)no2)CCCN1Cc1ccc(F)cc1. The van der Waals surface area contributed by atoms with Gasteiger partial charge in [0.1, 0.15) is 5.82 Å². The summed E-state index contributed by atoms with van der Waals surface area (Å²) in [6.45, 7) is 7.43. The molecule has 0 unspecified atom stereocenters. The molecule has 4 rings (SSSR count). The number of aromatic nitrogens is 1. The van der Waals surface area contributed by atoms with E-state index >= 15 is 0 Å². The van der Waals surface area contributed by atoms with Crippen molar-refractivity contribution >= 4 is 5.91 Å². The third kappa shape index (κ3) is 4.27. The molecule has 0 N–H and O–H groups in total. The maximum Gasteiger partial charge on any atom is 0.292 e. The molecule has 28 heavy (non-hydrogen) atoms. The third-order valence-electron chi connectivity index (χ3n) is 5.84. The molecule has 1 aromatic carbocycles. The van der Waals surface area contributed by atoms with E-state index in [2.05, 4.69) is 23.9 Å². The third-order valence-corrected chi connectivity index (χ3v) is 5.84. The molecule has 0 radical (unpaired) electrons. The molecule has 1 amide bonds. The lowest BCUT2D eigenvalue weighted by Gasteiger charge is -2.34. The van der Waals surface area contributed by atoms with Gasteiger partial charge in [-0.05, 0) is 42.9 Å². The molecule has 2 heterocycles. The van der Waals surface area contributed by atoms with Crippen molar-refractivity contribution in [3.63, 3.8) is 0 Å². The van der Waals surface area contributed by atoms with Gasteiger partial charge in [-0.3, -0.25) is 9.69 Å². The Bertz CT molecular complexity index is 813. The van der Waals surface area contributed by atoms with E-state index in [4.69, 9.17) is 4.52 Å². The highest BCUT2D eigenvalue weighted by molar-refractivity contribution is 5.91. The lowest BCUT2D eigenvalue weighted by molar-refractivity contribution is 0.0662. The van der Waals surface area contributed by atoms with Gasteiger partial charge in [-0.1, -0.05) is 31.1 Å². The summed E-state index contributed by atoms with van der Waals surface area (Å²) < 4.78 is 18.6. The zero-order valence-electron chi connectivity index (χ0n) is 16.6. The Labute approximate surface area is 165 Å². The van der Waals surface area contributed by atoms with Gasteiger partial charge in [0, 0.05) is 44.2 Å². The molecule has 150 valence electrons. The van der Waals surface area contributed by atoms with Gasteiger partial charge in [0.25, 0.3) is 5.91 Å². The van der Waals surface area contributed by atoms with Crippen LogP contribution in [0.15, 0.2) is 34.9 Å². The van der Waals surface area contributed by atoms with E-state index in [0.29, 0.717) is 30.7 Å². The van der Waals surface area contributed by atoms with Gasteiger partial charge in [0.15, 0.2) is 0 Å². The minimum absolute atomic E-state index is 0.0614. The van der Waals surface area contributed by atoms with E-state index in [1.54, 1.807) is 0 Å². The van der Waals surface area contributed by atoms with Crippen LogP contribution < -0.4 is 0 Å². The second-order valence-corrected chi connectivity index (χ2v) is 8.40. The quantitative estimate of drug-likeness (QED) is 0.779. The first-order chi connectivity index (χ1) is 13.5. The molecule has 2 fully saturated rings. The summed E-state index contributed by atoms with van der Waals surface area (Å²) in [5.41, 5.74) is 2.01. The average Bonchev–Trinajstić information content (AvgIpc) is 3.45. The second kappa shape index (κ2) is 8.03. The lowest BCUT2D eigenvalue weighted by atomic mass is 10.0. The number of amides is 1. The largest absolute Gasteiger partial charge is 0.351 e. The highest BCUT2D eigenvalue weighted by atomic mass is 19.1. The summed E-state index contributed by atoms with van der Waals surface area (Å²) in [4.78, 5) is 17.3. The molecule has 1 saturated carbocycles. The summed E-state index contributed by atoms with van der Waals surface area (Å²) in [5.74, 6) is 0.953. The number of benzene rings is 1. The fourth-order valence-corrected chi connectivity index (χ4v) is 4.02. The van der Waals surface area contributed by atoms with Crippen LogP contribution >= 0.6 is 0 Å². The van der Waals surface area contributed by atoms with E-state index < -0.39 is 0 Å². The highest BCUT2D eigenvalue weighted by Crippen LogP contribution is 2.39. The molecule has 1 saturated heterocycles. The van der Waals surface area contributed by atoms with Crippen molar-refractivity contribution in [2.75, 3.05) is 19.6 Å². The van der Waals surface area contributed by atoms with Gasteiger partial charge in [0.2, 0.25) is 5.76 Å². The monoisotopic (exact) mass is 385 g/mol. The number of carbonyl (C=O) groups excluding carboxylic acids is 1. The molecule has 1 aromatic heterocycles. The summed E-state index contributed by atoms with van der Waals surface area (Å²) in [6.07, 6.45) is 3.18. The summed E-state index contributed by atoms with van der Waals surface area (Å²) in [5, 5.41) is 4.09. The van der Waals surface area contributed by atoms with Crippen LogP contribution in [0.4, 0.5) is 4.39 Å². The van der Waals surface area contributed by atoms with E-state index in [1.165, 1.54) is 12.1 Å². The van der Waals surface area contributed by atoms with Crippen LogP contribution in [-0.4, -0.2) is 46.5 Å². The first-order valence-electron chi connectivity index (χ1n) is 10.3. The van der Waals surface area contributed by atoms with Crippen molar-refractivity contribution in [2.45, 2.75) is 51.6 Å². The van der Waals surface area contributed by atoms with Crippen LogP contribution in [0.3, 0.4) is 0 Å². The van der Waals surface area contributed by atoms with Crippen molar-refractivity contribution in [1.29, 1.82) is 0 Å². The summed E-state index contributed by atoms with van der Waals surface area (Å²) in [7, 11) is 0. The van der Waals surface area contributed by atoms with Crippen LogP contribution in [0.25, 0.3) is 0 Å². The maximum absolute atomic E-state index is 13.2. The Morgan fingerprint density at radius 3 is 2.68 bits per heavy atom. The van der Waals surface area contributed by atoms with Crippen LogP contribution in [0.1, 0.15) is 60.8 Å². The Morgan fingerprint density at radius 1 is 1.25 bits per heavy atom. The van der Waals surface area contributed by atoms with Crippen molar-refractivity contribution < 1.29 is 13.7 Å². The van der Waals surface area contributed by atoms with E-state index in [-0.39, 0.29) is 17.8 Å². The van der Waals surface area contributed by atoms with Gasteiger partial charge in [-0.15, -0.1) is 0 Å². The number of hydrogen-bond acceptors (Lipinski definition) is 4. The minimum atomic E-state index is -0.213. The van der Waals surface area contributed by atoms with E-state index in [1.807, 2.05) is 23.1 Å². The fourth-order valence-electron chi connectivity index (χ4n) is 4.02.